The molecule has 6 nitrogen and oxygen atoms in total. The van der Waals surface area contributed by atoms with Crippen molar-refractivity contribution in [3.63, 3.8) is 0 Å². The van der Waals surface area contributed by atoms with Crippen molar-refractivity contribution in [1.29, 1.82) is 0 Å². The van der Waals surface area contributed by atoms with Gasteiger partial charge in [0.1, 0.15) is 5.75 Å². The van der Waals surface area contributed by atoms with Crippen LogP contribution in [0.5, 0.6) is 5.75 Å². The van der Waals surface area contributed by atoms with Gasteiger partial charge in [-0.25, -0.2) is 0 Å². The molecule has 0 aliphatic carbocycles. The topological polar surface area (TPSA) is 70.7 Å². The lowest BCUT2D eigenvalue weighted by Gasteiger charge is -2.28. The number of benzene rings is 2. The van der Waals surface area contributed by atoms with Crippen molar-refractivity contribution < 1.29 is 14.3 Å². The van der Waals surface area contributed by atoms with Crippen LogP contribution in [0.15, 0.2) is 60.7 Å². The molecule has 158 valence electrons. The first kappa shape index (κ1) is 21.6. The third kappa shape index (κ3) is 6.46. The zero-order valence-electron chi connectivity index (χ0n) is 17.3. The van der Waals surface area contributed by atoms with E-state index in [-0.39, 0.29) is 24.4 Å². The van der Waals surface area contributed by atoms with Crippen LogP contribution in [0.4, 0.5) is 0 Å². The molecule has 30 heavy (non-hydrogen) atoms. The second-order valence-electron chi connectivity index (χ2n) is 7.30. The molecule has 2 aromatic rings. The van der Waals surface area contributed by atoms with Crippen LogP contribution >= 0.6 is 0 Å². The maximum Gasteiger partial charge on any atom is 0.244 e. The Hall–Kier alpha value is -3.12. The zero-order chi connectivity index (χ0) is 21.2. The van der Waals surface area contributed by atoms with Crippen molar-refractivity contribution in [2.24, 2.45) is 0 Å². The Balaban J connectivity index is 1.50. The predicted octanol–water partition coefficient (Wildman–Crippen LogP) is 2.78. The Morgan fingerprint density at radius 2 is 1.73 bits per heavy atom. The maximum absolute atomic E-state index is 12.3. The van der Waals surface area contributed by atoms with Gasteiger partial charge in [0, 0.05) is 12.6 Å². The van der Waals surface area contributed by atoms with Gasteiger partial charge in [-0.05, 0) is 55.3 Å². The number of methoxy groups -OCH3 is 1. The highest BCUT2D eigenvalue weighted by Crippen LogP contribution is 2.26. The number of carbonyl (C=O) groups excluding carboxylic acids is 2. The van der Waals surface area contributed by atoms with E-state index in [0.717, 1.165) is 30.0 Å². The molecule has 1 saturated heterocycles. The summed E-state index contributed by atoms with van der Waals surface area (Å²) in [6, 6.07) is 17.6. The average Bonchev–Trinajstić information content (AvgIpc) is 3.32. The Morgan fingerprint density at radius 1 is 1.03 bits per heavy atom. The largest absolute Gasteiger partial charge is 0.497 e. The molecule has 2 amide bonds. The number of ether oxygens (including phenoxy) is 1. The van der Waals surface area contributed by atoms with Gasteiger partial charge in [-0.2, -0.15) is 0 Å². The molecule has 0 bridgehead atoms. The van der Waals surface area contributed by atoms with Gasteiger partial charge in [-0.3, -0.25) is 14.5 Å². The zero-order valence-corrected chi connectivity index (χ0v) is 17.3. The summed E-state index contributed by atoms with van der Waals surface area (Å²) >= 11 is 0. The van der Waals surface area contributed by atoms with Crippen LogP contribution in [0.2, 0.25) is 0 Å². The van der Waals surface area contributed by atoms with E-state index < -0.39 is 0 Å². The predicted molar refractivity (Wildman–Crippen MR) is 118 cm³/mol. The van der Waals surface area contributed by atoms with Crippen LogP contribution in [0, 0.1) is 0 Å². The third-order valence-corrected chi connectivity index (χ3v) is 5.22. The number of hydrogen-bond donors (Lipinski definition) is 2. The molecule has 6 heteroatoms. The van der Waals surface area contributed by atoms with E-state index in [1.54, 1.807) is 13.2 Å². The number of rotatable bonds is 9. The molecule has 1 heterocycles. The molecule has 0 spiro atoms. The Morgan fingerprint density at radius 3 is 2.40 bits per heavy atom. The van der Waals surface area contributed by atoms with Crippen molar-refractivity contribution in [2.75, 3.05) is 33.3 Å². The first-order valence-corrected chi connectivity index (χ1v) is 10.3. The molecule has 1 unspecified atom stereocenters. The first-order chi connectivity index (χ1) is 14.7. The normalized spacial score (nSPS) is 15.1. The van der Waals surface area contributed by atoms with Crippen molar-refractivity contribution in [2.45, 2.75) is 18.9 Å². The highest BCUT2D eigenvalue weighted by atomic mass is 16.5. The maximum atomic E-state index is 12.3. The van der Waals surface area contributed by atoms with Gasteiger partial charge in [-0.15, -0.1) is 0 Å². The van der Waals surface area contributed by atoms with Gasteiger partial charge in [0.05, 0.1) is 19.7 Å². The number of nitrogens with one attached hydrogen (secondary N) is 2. The summed E-state index contributed by atoms with van der Waals surface area (Å²) in [6.07, 6.45) is 5.50. The number of amides is 2. The van der Waals surface area contributed by atoms with Crippen molar-refractivity contribution in [1.82, 2.24) is 15.5 Å². The van der Waals surface area contributed by atoms with E-state index in [4.69, 9.17) is 4.74 Å². The van der Waals surface area contributed by atoms with E-state index in [1.807, 2.05) is 54.6 Å². The smallest absolute Gasteiger partial charge is 0.244 e. The molecule has 1 aliphatic heterocycles. The molecule has 0 saturated carbocycles. The lowest BCUT2D eigenvalue weighted by Crippen LogP contribution is -2.41. The standard InChI is InChI=1S/C24H29N3O3/c1-30-21-12-10-20(11-13-21)22(27-15-5-6-16-27)17-25-24(29)18-26-23(28)14-9-19-7-3-2-4-8-19/h2-4,7-14,22H,5-6,15-18H2,1H3,(H,25,29)(H,26,28)/b14-9+. The summed E-state index contributed by atoms with van der Waals surface area (Å²) in [5.74, 6) is 0.323. The lowest BCUT2D eigenvalue weighted by molar-refractivity contribution is -0.124. The molecule has 2 N–H and O–H groups in total. The lowest BCUT2D eigenvalue weighted by atomic mass is 10.1. The summed E-state index contributed by atoms with van der Waals surface area (Å²) in [5.41, 5.74) is 2.08. The van der Waals surface area contributed by atoms with Gasteiger partial charge in [0.25, 0.3) is 0 Å². The summed E-state index contributed by atoms with van der Waals surface area (Å²) in [5, 5.41) is 5.60. The van der Waals surface area contributed by atoms with Gasteiger partial charge in [0.15, 0.2) is 0 Å². The van der Waals surface area contributed by atoms with Crippen LogP contribution in [0.1, 0.15) is 30.0 Å². The molecule has 3 rings (SSSR count). The summed E-state index contributed by atoms with van der Waals surface area (Å²) < 4.78 is 5.25. The van der Waals surface area contributed by atoms with Crippen LogP contribution in [-0.2, 0) is 9.59 Å². The Labute approximate surface area is 177 Å². The minimum absolute atomic E-state index is 0.0483. The molecule has 0 radical (unpaired) electrons. The van der Waals surface area contributed by atoms with E-state index in [0.29, 0.717) is 6.54 Å². The average molecular weight is 408 g/mol. The van der Waals surface area contributed by atoms with E-state index in [1.165, 1.54) is 18.9 Å². The molecule has 1 atom stereocenters. The fraction of sp³-hybridized carbons (Fsp3) is 0.333. The molecular formula is C24H29N3O3. The fourth-order valence-electron chi connectivity index (χ4n) is 3.57. The van der Waals surface area contributed by atoms with Gasteiger partial charge >= 0.3 is 0 Å². The molecule has 0 aromatic heterocycles. The second-order valence-corrected chi connectivity index (χ2v) is 7.30. The summed E-state index contributed by atoms with van der Waals surface area (Å²) in [7, 11) is 1.65. The van der Waals surface area contributed by atoms with Gasteiger partial charge in [0.2, 0.25) is 11.8 Å². The van der Waals surface area contributed by atoms with Crippen LogP contribution < -0.4 is 15.4 Å². The number of carbonyl (C=O) groups is 2. The summed E-state index contributed by atoms with van der Waals surface area (Å²) in [6.45, 7) is 2.50. The quantitative estimate of drug-likeness (QED) is 0.627. The van der Waals surface area contributed by atoms with Gasteiger partial charge < -0.3 is 15.4 Å². The SMILES string of the molecule is COc1ccc(C(CNC(=O)CNC(=O)/C=C/c2ccccc2)N2CCCC2)cc1. The number of nitrogens with zero attached hydrogens (tertiary/aromatic N) is 1. The van der Waals surface area contributed by atoms with Gasteiger partial charge in [-0.1, -0.05) is 42.5 Å². The molecule has 1 fully saturated rings. The van der Waals surface area contributed by atoms with Crippen LogP contribution in [-0.4, -0.2) is 50.0 Å². The number of likely N-dealkylation sites (tertiary alicyclic amines) is 1. The van der Waals surface area contributed by atoms with Crippen molar-refractivity contribution in [3.05, 3.63) is 71.8 Å². The molecular weight excluding hydrogens is 378 g/mol. The van der Waals surface area contributed by atoms with Crippen LogP contribution in [0.3, 0.4) is 0 Å². The van der Waals surface area contributed by atoms with E-state index in [9.17, 15) is 9.59 Å². The van der Waals surface area contributed by atoms with Crippen LogP contribution in [0.25, 0.3) is 6.08 Å². The third-order valence-electron chi connectivity index (χ3n) is 5.22. The Kier molecular flexibility index (Phi) is 8.03. The molecule has 2 aromatic carbocycles. The van der Waals surface area contributed by atoms with E-state index in [2.05, 4.69) is 15.5 Å². The highest BCUT2D eigenvalue weighted by Gasteiger charge is 2.24. The minimum atomic E-state index is -0.291. The molecule has 1 aliphatic rings. The fourth-order valence-corrected chi connectivity index (χ4v) is 3.57. The highest BCUT2D eigenvalue weighted by molar-refractivity contribution is 5.94. The van der Waals surface area contributed by atoms with Crippen molar-refractivity contribution in [3.8, 4) is 5.75 Å². The Bertz CT molecular complexity index is 844. The van der Waals surface area contributed by atoms with E-state index >= 15 is 0 Å². The monoisotopic (exact) mass is 407 g/mol. The summed E-state index contributed by atoms with van der Waals surface area (Å²) in [4.78, 5) is 26.6. The second kappa shape index (κ2) is 11.2. The van der Waals surface area contributed by atoms with Crippen molar-refractivity contribution >= 4 is 17.9 Å². The minimum Gasteiger partial charge on any atom is -0.497 e. The number of hydrogen-bond acceptors (Lipinski definition) is 4. The first-order valence-electron chi connectivity index (χ1n) is 10.3.